The van der Waals surface area contributed by atoms with Crippen LogP contribution in [0.15, 0.2) is 36.5 Å². The molecule has 1 rings (SSSR count). The summed E-state index contributed by atoms with van der Waals surface area (Å²) in [4.78, 5) is 14.2. The van der Waals surface area contributed by atoms with Crippen LogP contribution in [0.3, 0.4) is 0 Å². The Balaban J connectivity index is 3.06. The van der Waals surface area contributed by atoms with Gasteiger partial charge < -0.3 is 9.64 Å². The number of hydrogen-bond donors (Lipinski definition) is 0. The van der Waals surface area contributed by atoms with Gasteiger partial charge in [-0.15, -0.1) is 0 Å². The molecule has 0 aliphatic rings. The van der Waals surface area contributed by atoms with Gasteiger partial charge in [-0.05, 0) is 19.4 Å². The van der Waals surface area contributed by atoms with Crippen LogP contribution in [-0.4, -0.2) is 37.5 Å². The van der Waals surface area contributed by atoms with Crippen LogP contribution in [0.5, 0.6) is 0 Å². The van der Waals surface area contributed by atoms with Crippen molar-refractivity contribution in [1.82, 2.24) is 4.90 Å². The van der Waals surface area contributed by atoms with Crippen molar-refractivity contribution in [2.45, 2.75) is 13.8 Å². The zero-order valence-electron chi connectivity index (χ0n) is 11.3. The lowest BCUT2D eigenvalue weighted by atomic mass is 10.0. The largest absolute Gasteiger partial charge is 0.377 e. The lowest BCUT2D eigenvalue weighted by Crippen LogP contribution is -2.19. The summed E-state index contributed by atoms with van der Waals surface area (Å²) in [5, 5.41) is 0. The maximum Gasteiger partial charge on any atom is 0.190 e. The zero-order chi connectivity index (χ0) is 13.4. The molecule has 0 radical (unpaired) electrons. The van der Waals surface area contributed by atoms with Gasteiger partial charge >= 0.3 is 0 Å². The highest BCUT2D eigenvalue weighted by atomic mass is 16.5. The number of carbonyl (C=O) groups excluding carboxylic acids is 1. The minimum atomic E-state index is 0.00981. The van der Waals surface area contributed by atoms with Gasteiger partial charge in [0.1, 0.15) is 6.61 Å². The number of ether oxygens (including phenoxy) is 1. The first kappa shape index (κ1) is 14.5. The molecule has 18 heavy (non-hydrogen) atoms. The molecule has 0 aliphatic carbocycles. The molecular formula is C15H21NO2. The average molecular weight is 247 g/mol. The fourth-order valence-corrected chi connectivity index (χ4v) is 1.72. The SMILES string of the molecule is CCN(C=C(C(=O)COC)c1ccccc1)CC. The van der Waals surface area contributed by atoms with Crippen molar-refractivity contribution in [3.05, 3.63) is 42.1 Å². The Hall–Kier alpha value is -1.61. The summed E-state index contributed by atoms with van der Waals surface area (Å²) >= 11 is 0. The first-order chi connectivity index (χ1) is 8.72. The molecule has 0 unspecified atom stereocenters. The summed E-state index contributed by atoms with van der Waals surface area (Å²) in [5.74, 6) is 0.00981. The summed E-state index contributed by atoms with van der Waals surface area (Å²) in [6.07, 6.45) is 1.93. The van der Waals surface area contributed by atoms with Crippen LogP contribution < -0.4 is 0 Å². The topological polar surface area (TPSA) is 29.5 Å². The second kappa shape index (κ2) is 7.67. The van der Waals surface area contributed by atoms with Crippen molar-refractivity contribution in [1.29, 1.82) is 0 Å². The van der Waals surface area contributed by atoms with Gasteiger partial charge in [0, 0.05) is 32.0 Å². The fourth-order valence-electron chi connectivity index (χ4n) is 1.72. The van der Waals surface area contributed by atoms with Gasteiger partial charge in [0.05, 0.1) is 0 Å². The van der Waals surface area contributed by atoms with Crippen molar-refractivity contribution >= 4 is 11.4 Å². The number of nitrogens with zero attached hydrogens (tertiary/aromatic N) is 1. The number of rotatable bonds is 7. The highest BCUT2D eigenvalue weighted by molar-refractivity contribution is 6.21. The Morgan fingerprint density at radius 2 is 1.83 bits per heavy atom. The smallest absolute Gasteiger partial charge is 0.190 e. The van der Waals surface area contributed by atoms with Gasteiger partial charge in [0.15, 0.2) is 5.78 Å². The molecule has 3 nitrogen and oxygen atoms in total. The molecule has 0 saturated carbocycles. The normalized spacial score (nSPS) is 11.4. The van der Waals surface area contributed by atoms with Gasteiger partial charge in [-0.1, -0.05) is 30.3 Å². The molecule has 0 bridgehead atoms. The molecule has 0 aliphatic heterocycles. The van der Waals surface area contributed by atoms with E-state index in [0.717, 1.165) is 18.7 Å². The predicted octanol–water partition coefficient (Wildman–Crippen LogP) is 2.58. The molecular weight excluding hydrogens is 226 g/mol. The van der Waals surface area contributed by atoms with E-state index >= 15 is 0 Å². The fraction of sp³-hybridized carbons (Fsp3) is 0.400. The highest BCUT2D eigenvalue weighted by Crippen LogP contribution is 2.16. The van der Waals surface area contributed by atoms with E-state index in [-0.39, 0.29) is 12.4 Å². The minimum Gasteiger partial charge on any atom is -0.377 e. The van der Waals surface area contributed by atoms with Crippen molar-refractivity contribution < 1.29 is 9.53 Å². The third-order valence-corrected chi connectivity index (χ3v) is 2.78. The first-order valence-electron chi connectivity index (χ1n) is 6.26. The van der Waals surface area contributed by atoms with Gasteiger partial charge in [0.2, 0.25) is 0 Å². The van der Waals surface area contributed by atoms with Gasteiger partial charge in [-0.2, -0.15) is 0 Å². The van der Waals surface area contributed by atoms with Gasteiger partial charge in [-0.25, -0.2) is 0 Å². The van der Waals surface area contributed by atoms with Crippen LogP contribution in [0.25, 0.3) is 5.57 Å². The molecule has 0 saturated heterocycles. The van der Waals surface area contributed by atoms with Crippen LogP contribution in [0.4, 0.5) is 0 Å². The second-order valence-corrected chi connectivity index (χ2v) is 3.99. The maximum atomic E-state index is 12.1. The molecule has 1 aromatic carbocycles. The second-order valence-electron chi connectivity index (χ2n) is 3.99. The summed E-state index contributed by atoms with van der Waals surface area (Å²) < 4.78 is 4.95. The zero-order valence-corrected chi connectivity index (χ0v) is 11.3. The van der Waals surface area contributed by atoms with Crippen molar-refractivity contribution in [2.24, 2.45) is 0 Å². The molecule has 0 heterocycles. The standard InChI is InChI=1S/C15H21NO2/c1-4-16(5-2)11-14(15(17)12-18-3)13-9-7-6-8-10-13/h6-11H,4-5,12H2,1-3H3. The van der Waals surface area contributed by atoms with Gasteiger partial charge in [-0.3, -0.25) is 4.79 Å². The maximum absolute atomic E-state index is 12.1. The first-order valence-corrected chi connectivity index (χ1v) is 6.26. The van der Waals surface area contributed by atoms with Crippen molar-refractivity contribution in [2.75, 3.05) is 26.8 Å². The molecule has 98 valence electrons. The summed E-state index contributed by atoms with van der Waals surface area (Å²) in [6, 6.07) is 9.71. The number of ketones is 1. The van der Waals surface area contributed by atoms with Crippen molar-refractivity contribution in [3.63, 3.8) is 0 Å². The monoisotopic (exact) mass is 247 g/mol. The van der Waals surface area contributed by atoms with Crippen LogP contribution in [-0.2, 0) is 9.53 Å². The minimum absolute atomic E-state index is 0.00981. The molecule has 0 atom stereocenters. The Bertz CT molecular complexity index is 394. The molecule has 0 aromatic heterocycles. The quantitative estimate of drug-likeness (QED) is 0.694. The van der Waals surface area contributed by atoms with E-state index in [4.69, 9.17) is 4.74 Å². The number of benzene rings is 1. The summed E-state index contributed by atoms with van der Waals surface area (Å²) in [6.45, 7) is 6.02. The number of carbonyl (C=O) groups is 1. The molecule has 0 spiro atoms. The van der Waals surface area contributed by atoms with E-state index in [0.29, 0.717) is 5.57 Å². The van der Waals surface area contributed by atoms with E-state index in [1.54, 1.807) is 0 Å². The highest BCUT2D eigenvalue weighted by Gasteiger charge is 2.12. The Kier molecular flexibility index (Phi) is 6.15. The van der Waals surface area contributed by atoms with E-state index in [1.807, 2.05) is 36.5 Å². The Labute approximate surface area is 109 Å². The van der Waals surface area contributed by atoms with Crippen LogP contribution in [0.2, 0.25) is 0 Å². The third-order valence-electron chi connectivity index (χ3n) is 2.78. The van der Waals surface area contributed by atoms with E-state index in [9.17, 15) is 4.79 Å². The molecule has 3 heteroatoms. The van der Waals surface area contributed by atoms with E-state index in [2.05, 4.69) is 18.7 Å². The summed E-state index contributed by atoms with van der Waals surface area (Å²) in [5.41, 5.74) is 1.65. The number of hydrogen-bond acceptors (Lipinski definition) is 3. The summed E-state index contributed by atoms with van der Waals surface area (Å²) in [7, 11) is 1.54. The van der Waals surface area contributed by atoms with E-state index < -0.39 is 0 Å². The molecule has 0 N–H and O–H groups in total. The Morgan fingerprint density at radius 1 is 1.22 bits per heavy atom. The lowest BCUT2D eigenvalue weighted by molar-refractivity contribution is -0.117. The molecule has 0 fully saturated rings. The van der Waals surface area contributed by atoms with Crippen LogP contribution in [0.1, 0.15) is 19.4 Å². The van der Waals surface area contributed by atoms with Crippen molar-refractivity contribution in [3.8, 4) is 0 Å². The molecule has 0 amide bonds. The Morgan fingerprint density at radius 3 is 2.33 bits per heavy atom. The molecule has 1 aromatic rings. The number of methoxy groups -OCH3 is 1. The van der Waals surface area contributed by atoms with Crippen LogP contribution in [0, 0.1) is 0 Å². The predicted molar refractivity (Wildman–Crippen MR) is 74.2 cm³/mol. The average Bonchev–Trinajstić information content (AvgIpc) is 2.41. The van der Waals surface area contributed by atoms with Gasteiger partial charge in [0.25, 0.3) is 0 Å². The van der Waals surface area contributed by atoms with Crippen LogP contribution >= 0.6 is 0 Å². The lowest BCUT2D eigenvalue weighted by Gasteiger charge is -2.18. The number of Topliss-reactive ketones (excluding diaryl/α,β-unsaturated/α-hetero) is 1. The third kappa shape index (κ3) is 4.00. The van der Waals surface area contributed by atoms with E-state index in [1.165, 1.54) is 7.11 Å².